The topological polar surface area (TPSA) is 120 Å². The molecule has 1 saturated heterocycles. The van der Waals surface area contributed by atoms with Gasteiger partial charge in [-0.1, -0.05) is 0 Å². The Labute approximate surface area is 208 Å². The number of aromatic nitrogens is 3. The number of hydrogen-bond acceptors (Lipinski definition) is 7. The number of halogens is 6. The van der Waals surface area contributed by atoms with Crippen molar-refractivity contribution in [2.24, 2.45) is 0 Å². The lowest BCUT2D eigenvalue weighted by molar-refractivity contribution is -0.193. The number of rotatable bonds is 5. The van der Waals surface area contributed by atoms with Crippen LogP contribution in [-0.2, 0) is 16.0 Å². The normalized spacial score (nSPS) is 17.5. The van der Waals surface area contributed by atoms with E-state index in [-0.39, 0.29) is 0 Å². The monoisotopic (exact) mass is 539 g/mol. The van der Waals surface area contributed by atoms with Crippen molar-refractivity contribution in [2.75, 3.05) is 18.5 Å². The van der Waals surface area contributed by atoms with Crippen molar-refractivity contribution in [3.8, 4) is 0 Å². The van der Waals surface area contributed by atoms with Crippen LogP contribution in [0.4, 0.5) is 32.3 Å². The van der Waals surface area contributed by atoms with Gasteiger partial charge in [-0.3, -0.25) is 9.88 Å². The highest BCUT2D eigenvalue weighted by Crippen LogP contribution is 2.29. The molecule has 37 heavy (non-hydrogen) atoms. The zero-order chi connectivity index (χ0) is 28.4. The molecule has 0 radical (unpaired) electrons. The molecule has 2 aromatic heterocycles. The van der Waals surface area contributed by atoms with E-state index in [0.29, 0.717) is 18.1 Å². The number of alkyl halides is 6. The van der Waals surface area contributed by atoms with Gasteiger partial charge in [0, 0.05) is 43.4 Å². The fourth-order valence-corrected chi connectivity index (χ4v) is 3.39. The molecule has 2 atom stereocenters. The van der Waals surface area contributed by atoms with Crippen molar-refractivity contribution in [1.82, 2.24) is 19.9 Å². The molecule has 0 bridgehead atoms. The second-order valence-corrected chi connectivity index (χ2v) is 8.09. The average molecular weight is 539 g/mol. The Morgan fingerprint density at radius 2 is 1.46 bits per heavy atom. The van der Waals surface area contributed by atoms with Gasteiger partial charge < -0.3 is 15.1 Å². The summed E-state index contributed by atoms with van der Waals surface area (Å²) in [6.45, 7) is 5.51. The first-order valence-corrected chi connectivity index (χ1v) is 10.8. The maximum Gasteiger partial charge on any atom is 0.490 e. The molecule has 0 unspecified atom stereocenters. The molecule has 15 heteroatoms. The second-order valence-electron chi connectivity index (χ2n) is 8.09. The van der Waals surface area contributed by atoms with Crippen molar-refractivity contribution in [2.45, 2.75) is 57.2 Å². The van der Waals surface area contributed by atoms with E-state index in [0.717, 1.165) is 25.3 Å². The Hall–Kier alpha value is -3.49. The van der Waals surface area contributed by atoms with Gasteiger partial charge in [-0.15, -0.1) is 0 Å². The highest BCUT2D eigenvalue weighted by atomic mass is 19.4. The van der Waals surface area contributed by atoms with Crippen LogP contribution in [0.2, 0.25) is 0 Å². The van der Waals surface area contributed by atoms with E-state index in [1.54, 1.807) is 0 Å². The first-order valence-electron chi connectivity index (χ1n) is 10.8. The van der Waals surface area contributed by atoms with E-state index in [1.807, 2.05) is 30.9 Å². The van der Waals surface area contributed by atoms with E-state index >= 15 is 0 Å². The molecule has 1 aliphatic rings. The molecule has 1 aliphatic heterocycles. The molecule has 0 amide bonds. The molecule has 0 saturated carbocycles. The third-order valence-electron chi connectivity index (χ3n) is 5.34. The highest BCUT2D eigenvalue weighted by Gasteiger charge is 2.39. The third-order valence-corrected chi connectivity index (χ3v) is 5.34. The van der Waals surface area contributed by atoms with Gasteiger partial charge in [0.15, 0.2) is 0 Å². The van der Waals surface area contributed by atoms with E-state index in [9.17, 15) is 26.3 Å². The molecule has 1 fully saturated rings. The molecule has 3 heterocycles. The van der Waals surface area contributed by atoms with Crippen molar-refractivity contribution in [1.29, 1.82) is 0 Å². The van der Waals surface area contributed by atoms with E-state index in [1.165, 1.54) is 5.56 Å². The summed E-state index contributed by atoms with van der Waals surface area (Å²) >= 11 is 0. The van der Waals surface area contributed by atoms with Gasteiger partial charge in [0.05, 0.1) is 6.04 Å². The minimum absolute atomic E-state index is 0.382. The van der Waals surface area contributed by atoms with Crippen LogP contribution in [0.5, 0.6) is 0 Å². The quantitative estimate of drug-likeness (QED) is 0.549. The van der Waals surface area contributed by atoms with Gasteiger partial charge in [0.25, 0.3) is 0 Å². The lowest BCUT2D eigenvalue weighted by Gasteiger charge is -2.35. The smallest absolute Gasteiger partial charge is 0.475 e. The van der Waals surface area contributed by atoms with Crippen LogP contribution in [0.1, 0.15) is 25.8 Å². The van der Waals surface area contributed by atoms with Crippen LogP contribution >= 0.6 is 0 Å². The molecule has 0 aromatic carbocycles. The first-order chi connectivity index (χ1) is 17.1. The fraction of sp³-hybridized carbons (Fsp3) is 0.500. The minimum Gasteiger partial charge on any atom is -0.475 e. The van der Waals surface area contributed by atoms with Crippen molar-refractivity contribution < 1.29 is 46.1 Å². The summed E-state index contributed by atoms with van der Waals surface area (Å²) in [5.41, 5.74) is 1.31. The number of carboxylic acid groups (broad SMARTS) is 2. The summed E-state index contributed by atoms with van der Waals surface area (Å²) in [5, 5.41) is 14.2. The maximum absolute atomic E-state index is 10.6. The van der Waals surface area contributed by atoms with Gasteiger partial charge in [-0.05, 0) is 57.5 Å². The third kappa shape index (κ3) is 10.6. The largest absolute Gasteiger partial charge is 0.490 e. The standard InChI is InChI=1S/C18H25N5.2C2HF3O2/c1-14(2)22(3)16-7-12-23(18-20-8-4-9-21-18)17(16)13-15-5-10-19-11-6-15;2*3-2(4,5)1(6)7/h4-6,8-11,14,16-17H,7,12-13H2,1-3H3;2*(H,6,7)/t16-,17+;;/m1../s1. The number of hydrogen-bond donors (Lipinski definition) is 2. The summed E-state index contributed by atoms with van der Waals surface area (Å²) in [7, 11) is 2.23. The predicted molar refractivity (Wildman–Crippen MR) is 120 cm³/mol. The average Bonchev–Trinajstić information content (AvgIpc) is 3.22. The van der Waals surface area contributed by atoms with Gasteiger partial charge in [-0.25, -0.2) is 19.6 Å². The zero-order valence-corrected chi connectivity index (χ0v) is 20.1. The van der Waals surface area contributed by atoms with Gasteiger partial charge in [0.1, 0.15) is 0 Å². The Kier molecular flexibility index (Phi) is 11.7. The molecule has 206 valence electrons. The van der Waals surface area contributed by atoms with Crippen LogP contribution in [0.15, 0.2) is 43.0 Å². The summed E-state index contributed by atoms with van der Waals surface area (Å²) in [5.74, 6) is -4.67. The van der Waals surface area contributed by atoms with Gasteiger partial charge in [0.2, 0.25) is 5.95 Å². The van der Waals surface area contributed by atoms with E-state index < -0.39 is 24.3 Å². The Balaban J connectivity index is 0.000000404. The van der Waals surface area contributed by atoms with Gasteiger partial charge in [-0.2, -0.15) is 26.3 Å². The van der Waals surface area contributed by atoms with Crippen LogP contribution in [0, 0.1) is 0 Å². The van der Waals surface area contributed by atoms with Crippen LogP contribution < -0.4 is 4.90 Å². The van der Waals surface area contributed by atoms with Crippen LogP contribution in [0.25, 0.3) is 0 Å². The van der Waals surface area contributed by atoms with E-state index in [4.69, 9.17) is 19.8 Å². The first kappa shape index (κ1) is 31.5. The summed E-state index contributed by atoms with van der Waals surface area (Å²) in [4.78, 5) is 35.7. The summed E-state index contributed by atoms with van der Waals surface area (Å²) in [6, 6.07) is 7.49. The highest BCUT2D eigenvalue weighted by molar-refractivity contribution is 5.73. The molecule has 2 N–H and O–H groups in total. The zero-order valence-electron chi connectivity index (χ0n) is 20.1. The number of carbonyl (C=O) groups is 2. The molecular formula is C22H27F6N5O4. The summed E-state index contributed by atoms with van der Waals surface area (Å²) < 4.78 is 63.5. The fourth-order valence-electron chi connectivity index (χ4n) is 3.39. The Bertz CT molecular complexity index is 953. The number of aliphatic carboxylic acids is 2. The lowest BCUT2D eigenvalue weighted by Crippen LogP contribution is -2.47. The Morgan fingerprint density at radius 3 is 1.86 bits per heavy atom. The predicted octanol–water partition coefficient (Wildman–Crippen LogP) is 3.67. The minimum atomic E-state index is -5.08. The second kappa shape index (κ2) is 13.7. The number of likely N-dealkylation sites (N-methyl/N-ethyl adjacent to an activating group) is 1. The molecule has 0 aliphatic carbocycles. The van der Waals surface area contributed by atoms with E-state index in [2.05, 4.69) is 57.8 Å². The maximum atomic E-state index is 10.6. The van der Waals surface area contributed by atoms with Crippen LogP contribution in [0.3, 0.4) is 0 Å². The van der Waals surface area contributed by atoms with Gasteiger partial charge >= 0.3 is 24.3 Å². The molecule has 0 spiro atoms. The number of nitrogens with zero attached hydrogens (tertiary/aromatic N) is 5. The number of carboxylic acids is 2. The van der Waals surface area contributed by atoms with Crippen LogP contribution in [-0.4, -0.2) is 86.1 Å². The molecular weight excluding hydrogens is 512 g/mol. The van der Waals surface area contributed by atoms with Crippen molar-refractivity contribution in [3.63, 3.8) is 0 Å². The van der Waals surface area contributed by atoms with Crippen molar-refractivity contribution >= 4 is 17.9 Å². The number of anilines is 1. The number of pyridine rings is 1. The van der Waals surface area contributed by atoms with Crippen molar-refractivity contribution in [3.05, 3.63) is 48.5 Å². The Morgan fingerprint density at radius 1 is 1.00 bits per heavy atom. The molecule has 3 rings (SSSR count). The SMILES string of the molecule is CC(C)N(C)[C@@H]1CCN(c2ncccn2)[C@H]1Cc1ccncc1.O=C(O)C(F)(F)F.O=C(O)C(F)(F)F. The summed E-state index contributed by atoms with van der Waals surface area (Å²) in [6.07, 6.45) is -0.647. The lowest BCUT2D eigenvalue weighted by atomic mass is 9.99. The molecule has 9 nitrogen and oxygen atoms in total. The molecule has 2 aromatic rings.